The average Bonchev–Trinajstić information content (AvgIpc) is 3.08. The Balaban J connectivity index is 1.30. The van der Waals surface area contributed by atoms with E-state index >= 15 is 0 Å². The number of rotatable bonds is 6. The second-order valence-corrected chi connectivity index (χ2v) is 10.8. The number of carbonyl (C=O) groups excluding carboxylic acids is 5. The molecule has 200 valence electrons. The lowest BCUT2D eigenvalue weighted by molar-refractivity contribution is -0.136. The Hall–Kier alpha value is -3.47. The predicted octanol–water partition coefficient (Wildman–Crippen LogP) is 1.47. The molecule has 2 saturated heterocycles. The van der Waals surface area contributed by atoms with Crippen LogP contribution in [-0.2, 0) is 14.3 Å². The number of fused-ring (bicyclic) bond motifs is 1. The molecule has 0 aromatic heterocycles. The number of anilines is 1. The second-order valence-electron chi connectivity index (χ2n) is 10.8. The highest BCUT2D eigenvalue weighted by Gasteiger charge is 2.44. The van der Waals surface area contributed by atoms with E-state index in [1.165, 1.54) is 0 Å². The Morgan fingerprint density at radius 2 is 1.73 bits per heavy atom. The predicted molar refractivity (Wildman–Crippen MR) is 135 cm³/mol. The number of amides is 5. The summed E-state index contributed by atoms with van der Waals surface area (Å²) in [4.78, 5) is 68.9. The molecule has 0 aliphatic carbocycles. The molecule has 0 radical (unpaired) electrons. The number of nitrogens with zero attached hydrogens (tertiary/aromatic N) is 4. The SMILES string of the molecule is CN(CCCN1CCN(c2ccc3c(c2)C(=O)N(C2CCC(=O)NC2=O)C3=O)CC1)C(=O)OC(C)(C)C. The maximum absolute atomic E-state index is 13.1. The van der Waals surface area contributed by atoms with E-state index in [0.29, 0.717) is 12.1 Å². The maximum Gasteiger partial charge on any atom is 0.410 e. The van der Waals surface area contributed by atoms with Crippen molar-refractivity contribution in [1.29, 1.82) is 0 Å². The minimum atomic E-state index is -0.966. The number of carbonyl (C=O) groups is 5. The van der Waals surface area contributed by atoms with Crippen LogP contribution in [0.4, 0.5) is 10.5 Å². The van der Waals surface area contributed by atoms with Crippen LogP contribution >= 0.6 is 0 Å². The summed E-state index contributed by atoms with van der Waals surface area (Å²) in [5.74, 6) is -2.00. The van der Waals surface area contributed by atoms with Crippen molar-refractivity contribution in [2.75, 3.05) is 51.2 Å². The van der Waals surface area contributed by atoms with Crippen molar-refractivity contribution in [3.63, 3.8) is 0 Å². The highest BCUT2D eigenvalue weighted by molar-refractivity contribution is 6.23. The van der Waals surface area contributed by atoms with Gasteiger partial charge in [-0.15, -0.1) is 0 Å². The zero-order valence-electron chi connectivity index (χ0n) is 21.9. The Morgan fingerprint density at radius 3 is 2.38 bits per heavy atom. The van der Waals surface area contributed by atoms with Crippen LogP contribution in [0.2, 0.25) is 0 Å². The van der Waals surface area contributed by atoms with Crippen LogP contribution in [0, 0.1) is 0 Å². The number of imide groups is 2. The van der Waals surface area contributed by atoms with Gasteiger partial charge in [0.15, 0.2) is 0 Å². The third-order valence-corrected chi connectivity index (χ3v) is 6.83. The van der Waals surface area contributed by atoms with E-state index in [9.17, 15) is 24.0 Å². The molecule has 1 aromatic carbocycles. The standard InChI is InChI=1S/C26H35N5O6/c1-26(2,3)37-25(36)28(4)10-5-11-29-12-14-30(15-13-29)17-6-7-18-19(16-17)24(35)31(23(18)34)20-8-9-21(32)27-22(20)33/h6-7,16,20H,5,8-15H2,1-4H3,(H,27,32,33). The number of piperazine rings is 1. The summed E-state index contributed by atoms with van der Waals surface area (Å²) in [6, 6.07) is 4.25. The molecule has 3 aliphatic rings. The van der Waals surface area contributed by atoms with Gasteiger partial charge >= 0.3 is 6.09 Å². The lowest BCUT2D eigenvalue weighted by atomic mass is 10.0. The Kier molecular flexibility index (Phi) is 7.54. The zero-order chi connectivity index (χ0) is 26.9. The van der Waals surface area contributed by atoms with Gasteiger partial charge in [0, 0.05) is 51.9 Å². The molecule has 3 aliphatic heterocycles. The van der Waals surface area contributed by atoms with E-state index in [1.807, 2.05) is 26.8 Å². The lowest BCUT2D eigenvalue weighted by Gasteiger charge is -2.36. The van der Waals surface area contributed by atoms with E-state index in [1.54, 1.807) is 24.1 Å². The van der Waals surface area contributed by atoms with Gasteiger partial charge in [-0.25, -0.2) is 4.79 Å². The number of hydrogen-bond donors (Lipinski definition) is 1. The highest BCUT2D eigenvalue weighted by Crippen LogP contribution is 2.31. The van der Waals surface area contributed by atoms with Gasteiger partial charge in [-0.1, -0.05) is 0 Å². The van der Waals surface area contributed by atoms with E-state index in [4.69, 9.17) is 4.74 Å². The average molecular weight is 514 g/mol. The van der Waals surface area contributed by atoms with Gasteiger partial charge < -0.3 is 14.5 Å². The first kappa shape index (κ1) is 26.6. The van der Waals surface area contributed by atoms with Gasteiger partial charge in [-0.2, -0.15) is 0 Å². The van der Waals surface area contributed by atoms with Crippen LogP contribution < -0.4 is 10.2 Å². The Labute approximate surface area is 216 Å². The smallest absolute Gasteiger partial charge is 0.410 e. The summed E-state index contributed by atoms with van der Waals surface area (Å²) in [6.45, 7) is 10.2. The summed E-state index contributed by atoms with van der Waals surface area (Å²) >= 11 is 0. The molecule has 1 atom stereocenters. The van der Waals surface area contributed by atoms with Gasteiger partial charge in [0.1, 0.15) is 11.6 Å². The van der Waals surface area contributed by atoms with Gasteiger partial charge in [0.25, 0.3) is 11.8 Å². The topological polar surface area (TPSA) is 120 Å². The van der Waals surface area contributed by atoms with Gasteiger partial charge in [-0.05, 0) is 58.4 Å². The van der Waals surface area contributed by atoms with Crippen molar-refractivity contribution in [3.05, 3.63) is 29.3 Å². The zero-order valence-corrected chi connectivity index (χ0v) is 21.9. The molecule has 1 aromatic rings. The molecular weight excluding hydrogens is 478 g/mol. The summed E-state index contributed by atoms with van der Waals surface area (Å²) in [5, 5.41) is 2.21. The summed E-state index contributed by atoms with van der Waals surface area (Å²) in [6.07, 6.45) is 0.745. The molecule has 1 N–H and O–H groups in total. The third kappa shape index (κ3) is 5.93. The monoisotopic (exact) mass is 513 g/mol. The molecule has 1 unspecified atom stereocenters. The van der Waals surface area contributed by atoms with Crippen LogP contribution in [0.1, 0.15) is 60.7 Å². The normalized spacial score (nSPS) is 20.7. The molecule has 3 heterocycles. The fourth-order valence-electron chi connectivity index (χ4n) is 4.85. The first-order valence-corrected chi connectivity index (χ1v) is 12.7. The minimum absolute atomic E-state index is 0.0939. The maximum atomic E-state index is 13.1. The molecular formula is C26H35N5O6. The van der Waals surface area contributed by atoms with Crippen molar-refractivity contribution in [3.8, 4) is 0 Å². The van der Waals surface area contributed by atoms with E-state index < -0.39 is 35.3 Å². The number of ether oxygens (including phenoxy) is 1. The van der Waals surface area contributed by atoms with Crippen LogP contribution in [-0.4, -0.2) is 102 Å². The first-order valence-electron chi connectivity index (χ1n) is 12.7. The lowest BCUT2D eigenvalue weighted by Crippen LogP contribution is -2.54. The third-order valence-electron chi connectivity index (χ3n) is 6.83. The number of benzene rings is 1. The Morgan fingerprint density at radius 1 is 1.05 bits per heavy atom. The van der Waals surface area contributed by atoms with E-state index in [2.05, 4.69) is 15.1 Å². The van der Waals surface area contributed by atoms with Crippen molar-refractivity contribution < 1.29 is 28.7 Å². The Bertz CT molecular complexity index is 1110. The van der Waals surface area contributed by atoms with Crippen molar-refractivity contribution in [1.82, 2.24) is 20.0 Å². The number of piperidine rings is 1. The van der Waals surface area contributed by atoms with Crippen molar-refractivity contribution in [2.45, 2.75) is 51.7 Å². The van der Waals surface area contributed by atoms with Gasteiger partial charge in [0.05, 0.1) is 11.1 Å². The van der Waals surface area contributed by atoms with Crippen LogP contribution in [0.25, 0.3) is 0 Å². The molecule has 0 saturated carbocycles. The van der Waals surface area contributed by atoms with E-state index in [0.717, 1.165) is 49.7 Å². The summed E-state index contributed by atoms with van der Waals surface area (Å²) in [5.41, 5.74) is 0.917. The fraction of sp³-hybridized carbons (Fsp3) is 0.577. The first-order chi connectivity index (χ1) is 17.4. The molecule has 11 heteroatoms. The van der Waals surface area contributed by atoms with E-state index in [-0.39, 0.29) is 24.5 Å². The molecule has 2 fully saturated rings. The molecule has 37 heavy (non-hydrogen) atoms. The molecule has 5 amide bonds. The second kappa shape index (κ2) is 10.5. The molecule has 11 nitrogen and oxygen atoms in total. The van der Waals surface area contributed by atoms with Crippen LogP contribution in [0.15, 0.2) is 18.2 Å². The van der Waals surface area contributed by atoms with Crippen LogP contribution in [0.5, 0.6) is 0 Å². The number of nitrogens with one attached hydrogen (secondary N) is 1. The van der Waals surface area contributed by atoms with Crippen molar-refractivity contribution >= 4 is 35.4 Å². The molecule has 0 spiro atoms. The van der Waals surface area contributed by atoms with Crippen molar-refractivity contribution in [2.24, 2.45) is 0 Å². The van der Waals surface area contributed by atoms with Gasteiger partial charge in [0.2, 0.25) is 11.8 Å². The van der Waals surface area contributed by atoms with Crippen LogP contribution in [0.3, 0.4) is 0 Å². The fourth-order valence-corrected chi connectivity index (χ4v) is 4.85. The minimum Gasteiger partial charge on any atom is -0.444 e. The number of hydrogen-bond acceptors (Lipinski definition) is 8. The highest BCUT2D eigenvalue weighted by atomic mass is 16.6. The van der Waals surface area contributed by atoms with Gasteiger partial charge in [-0.3, -0.25) is 34.3 Å². The summed E-state index contributed by atoms with van der Waals surface area (Å²) in [7, 11) is 1.74. The summed E-state index contributed by atoms with van der Waals surface area (Å²) < 4.78 is 5.39. The largest absolute Gasteiger partial charge is 0.444 e. The quantitative estimate of drug-likeness (QED) is 0.568. The molecule has 0 bridgehead atoms. The molecule has 4 rings (SSSR count).